The van der Waals surface area contributed by atoms with E-state index in [-0.39, 0.29) is 6.61 Å². The Balaban J connectivity index is 1.66. The number of hydrogen-bond acceptors (Lipinski definition) is 6. The minimum Gasteiger partial charge on any atom is -0.497 e. The molecule has 26 heavy (non-hydrogen) atoms. The number of nitrogens with one attached hydrogen (secondary N) is 1. The van der Waals surface area contributed by atoms with E-state index < -0.39 is 18.5 Å². The van der Waals surface area contributed by atoms with E-state index in [4.69, 9.17) is 14.3 Å². The Morgan fingerprint density at radius 2 is 1.88 bits per heavy atom. The number of amides is 1. The van der Waals surface area contributed by atoms with Crippen molar-refractivity contribution in [2.45, 2.75) is 6.92 Å². The van der Waals surface area contributed by atoms with Crippen LogP contribution in [0.15, 0.2) is 53.7 Å². The number of hydrogen-bond donors (Lipinski definition) is 1. The largest absolute Gasteiger partial charge is 0.497 e. The summed E-state index contributed by atoms with van der Waals surface area (Å²) in [6, 6.07) is 14.5. The maximum Gasteiger partial charge on any atom is 0.347 e. The lowest BCUT2D eigenvalue weighted by molar-refractivity contribution is -0.151. The minimum atomic E-state index is -0.684. The van der Waals surface area contributed by atoms with Gasteiger partial charge in [0.2, 0.25) is 6.61 Å². The van der Waals surface area contributed by atoms with E-state index in [1.165, 1.54) is 6.21 Å². The fourth-order valence-corrected chi connectivity index (χ4v) is 1.99. The summed E-state index contributed by atoms with van der Waals surface area (Å²) in [6.07, 6.45) is 1.46. The summed E-state index contributed by atoms with van der Waals surface area (Å²) in [7, 11) is 1.58. The molecular weight excluding hydrogens is 336 g/mol. The number of carbonyl (C=O) groups excluding carboxylic acids is 2. The van der Waals surface area contributed by atoms with Gasteiger partial charge in [0.25, 0.3) is 5.91 Å². The third kappa shape index (κ3) is 6.64. The Labute approximate surface area is 151 Å². The number of benzene rings is 2. The molecule has 0 aliphatic rings. The highest BCUT2D eigenvalue weighted by atomic mass is 16.7. The zero-order valence-corrected chi connectivity index (χ0v) is 14.6. The summed E-state index contributed by atoms with van der Waals surface area (Å²) < 4.78 is 9.87. The molecule has 0 aliphatic heterocycles. The van der Waals surface area contributed by atoms with Crippen molar-refractivity contribution >= 4 is 23.8 Å². The molecule has 1 N–H and O–H groups in total. The smallest absolute Gasteiger partial charge is 0.347 e. The van der Waals surface area contributed by atoms with Crippen molar-refractivity contribution in [2.24, 2.45) is 5.16 Å². The van der Waals surface area contributed by atoms with E-state index in [9.17, 15) is 9.59 Å². The summed E-state index contributed by atoms with van der Waals surface area (Å²) in [5, 5.41) is 6.31. The predicted octanol–water partition coefficient (Wildman–Crippen LogP) is 2.54. The molecule has 7 nitrogen and oxygen atoms in total. The average molecular weight is 356 g/mol. The number of ether oxygens (including phenoxy) is 2. The second-order valence-corrected chi connectivity index (χ2v) is 5.36. The van der Waals surface area contributed by atoms with Crippen molar-refractivity contribution in [1.82, 2.24) is 0 Å². The van der Waals surface area contributed by atoms with Crippen LogP contribution in [0.2, 0.25) is 0 Å². The van der Waals surface area contributed by atoms with Crippen LogP contribution in [-0.2, 0) is 19.2 Å². The third-order valence-corrected chi connectivity index (χ3v) is 3.24. The van der Waals surface area contributed by atoms with Gasteiger partial charge in [-0.3, -0.25) is 4.79 Å². The molecule has 0 fully saturated rings. The van der Waals surface area contributed by atoms with Crippen molar-refractivity contribution in [3.8, 4) is 5.75 Å². The molecule has 0 aromatic heterocycles. The van der Waals surface area contributed by atoms with Gasteiger partial charge in [0, 0.05) is 5.69 Å². The van der Waals surface area contributed by atoms with Gasteiger partial charge in [0.1, 0.15) is 5.75 Å². The lowest BCUT2D eigenvalue weighted by Crippen LogP contribution is -2.22. The maximum absolute atomic E-state index is 11.7. The van der Waals surface area contributed by atoms with E-state index in [2.05, 4.69) is 10.5 Å². The van der Waals surface area contributed by atoms with Crippen molar-refractivity contribution < 1.29 is 23.9 Å². The Hall–Kier alpha value is -3.35. The second kappa shape index (κ2) is 9.83. The molecule has 136 valence electrons. The van der Waals surface area contributed by atoms with Crippen molar-refractivity contribution in [1.29, 1.82) is 0 Å². The van der Waals surface area contributed by atoms with Crippen LogP contribution in [0.4, 0.5) is 5.69 Å². The molecular formula is C19H20N2O5. The Morgan fingerprint density at radius 3 is 2.58 bits per heavy atom. The first-order valence-corrected chi connectivity index (χ1v) is 7.88. The second-order valence-electron chi connectivity index (χ2n) is 5.36. The van der Waals surface area contributed by atoms with E-state index >= 15 is 0 Å². The van der Waals surface area contributed by atoms with Crippen LogP contribution in [0.5, 0.6) is 5.75 Å². The number of anilines is 1. The predicted molar refractivity (Wildman–Crippen MR) is 97.3 cm³/mol. The number of carbonyl (C=O) groups is 2. The zero-order valence-electron chi connectivity index (χ0n) is 14.6. The fourth-order valence-electron chi connectivity index (χ4n) is 1.99. The molecule has 2 aromatic rings. The van der Waals surface area contributed by atoms with Gasteiger partial charge in [-0.15, -0.1) is 0 Å². The van der Waals surface area contributed by atoms with Crippen LogP contribution < -0.4 is 10.1 Å². The number of esters is 1. The molecule has 7 heteroatoms. The number of nitrogens with zero attached hydrogens (tertiary/aromatic N) is 1. The van der Waals surface area contributed by atoms with Crippen LogP contribution in [0.25, 0.3) is 0 Å². The first kappa shape index (κ1) is 19.0. The van der Waals surface area contributed by atoms with Crippen LogP contribution in [0.1, 0.15) is 11.1 Å². The molecule has 0 heterocycles. The van der Waals surface area contributed by atoms with E-state index in [1.807, 2.05) is 25.1 Å². The molecule has 0 aliphatic carbocycles. The van der Waals surface area contributed by atoms with E-state index in [0.717, 1.165) is 16.9 Å². The third-order valence-electron chi connectivity index (χ3n) is 3.24. The van der Waals surface area contributed by atoms with Crippen molar-refractivity contribution in [3.05, 3.63) is 59.7 Å². The fraction of sp³-hybridized carbons (Fsp3) is 0.211. The van der Waals surface area contributed by atoms with Crippen molar-refractivity contribution in [2.75, 3.05) is 25.6 Å². The van der Waals surface area contributed by atoms with Gasteiger partial charge in [-0.1, -0.05) is 17.3 Å². The summed E-state index contributed by atoms with van der Waals surface area (Å²) in [6.45, 7) is 1.14. The maximum atomic E-state index is 11.7. The highest BCUT2D eigenvalue weighted by molar-refractivity contribution is 5.92. The molecule has 0 atom stereocenters. The Kier molecular flexibility index (Phi) is 7.17. The molecule has 0 spiro atoms. The number of rotatable bonds is 8. The Bertz CT molecular complexity index is 772. The van der Waals surface area contributed by atoms with Gasteiger partial charge in [-0.05, 0) is 54.4 Å². The molecule has 0 saturated heterocycles. The van der Waals surface area contributed by atoms with Gasteiger partial charge in [-0.2, -0.15) is 0 Å². The van der Waals surface area contributed by atoms with Gasteiger partial charge in [0.05, 0.1) is 13.3 Å². The standard InChI is InChI=1S/C19H20N2O5/c1-14-4-3-5-16(10-14)21-18(22)12-25-19(23)13-26-20-11-15-6-8-17(24-2)9-7-15/h3-11H,12-13H2,1-2H3,(H,21,22)/b20-11-. The van der Waals surface area contributed by atoms with Gasteiger partial charge < -0.3 is 19.6 Å². The van der Waals surface area contributed by atoms with E-state index in [1.54, 1.807) is 37.4 Å². The summed E-state index contributed by atoms with van der Waals surface area (Å²) in [5.74, 6) is -0.377. The number of methoxy groups -OCH3 is 1. The van der Waals surface area contributed by atoms with Crippen LogP contribution >= 0.6 is 0 Å². The number of oxime groups is 1. The topological polar surface area (TPSA) is 86.2 Å². The first-order valence-electron chi connectivity index (χ1n) is 7.88. The monoisotopic (exact) mass is 356 g/mol. The average Bonchev–Trinajstić information content (AvgIpc) is 2.64. The molecule has 1 amide bonds. The number of aryl methyl sites for hydroxylation is 1. The SMILES string of the molecule is COc1ccc(/C=N\OCC(=O)OCC(=O)Nc2cccc(C)c2)cc1. The van der Waals surface area contributed by atoms with Crippen LogP contribution in [-0.4, -0.2) is 38.4 Å². The van der Waals surface area contributed by atoms with Crippen LogP contribution in [0.3, 0.4) is 0 Å². The lowest BCUT2D eigenvalue weighted by Gasteiger charge is -2.06. The van der Waals surface area contributed by atoms with E-state index in [0.29, 0.717) is 5.69 Å². The highest BCUT2D eigenvalue weighted by Gasteiger charge is 2.08. The first-order chi connectivity index (χ1) is 12.6. The highest BCUT2D eigenvalue weighted by Crippen LogP contribution is 2.10. The lowest BCUT2D eigenvalue weighted by atomic mass is 10.2. The quantitative estimate of drug-likeness (QED) is 0.446. The van der Waals surface area contributed by atoms with Crippen LogP contribution in [0, 0.1) is 6.92 Å². The Morgan fingerprint density at radius 1 is 1.12 bits per heavy atom. The molecule has 0 radical (unpaired) electrons. The molecule has 2 aromatic carbocycles. The summed E-state index contributed by atoms with van der Waals surface area (Å²) in [4.78, 5) is 28.1. The summed E-state index contributed by atoms with van der Waals surface area (Å²) >= 11 is 0. The van der Waals surface area contributed by atoms with Gasteiger partial charge in [0.15, 0.2) is 6.61 Å². The zero-order chi connectivity index (χ0) is 18.8. The normalized spacial score (nSPS) is 10.4. The molecule has 0 unspecified atom stereocenters. The molecule has 2 rings (SSSR count). The summed E-state index contributed by atoms with van der Waals surface area (Å²) in [5.41, 5.74) is 2.45. The van der Waals surface area contributed by atoms with Gasteiger partial charge >= 0.3 is 5.97 Å². The minimum absolute atomic E-state index is 0.385. The van der Waals surface area contributed by atoms with Crippen molar-refractivity contribution in [3.63, 3.8) is 0 Å². The molecule has 0 bridgehead atoms. The van der Waals surface area contributed by atoms with Gasteiger partial charge in [-0.25, -0.2) is 4.79 Å². The molecule has 0 saturated carbocycles.